The molecule has 0 aliphatic rings. The molecule has 0 unspecified atom stereocenters. The molecule has 174 valence electrons. The smallest absolute Gasteiger partial charge is 0.316 e. The maximum atomic E-state index is 13.1. The minimum atomic E-state index is -4.50. The Morgan fingerprint density at radius 3 is 2.12 bits per heavy atom. The number of aromatic amines is 1. The summed E-state index contributed by atoms with van der Waals surface area (Å²) in [4.78, 5) is 4.69. The van der Waals surface area contributed by atoms with E-state index in [0.29, 0.717) is 11.5 Å². The fraction of sp³-hybridized carbons (Fsp3) is 0.400. The first-order valence-electron chi connectivity index (χ1n) is 10.7. The number of hydrogen-bond acceptors (Lipinski definition) is 2. The van der Waals surface area contributed by atoms with Crippen LogP contribution in [0.5, 0.6) is 0 Å². The zero-order valence-corrected chi connectivity index (χ0v) is 19.9. The molecular formula is C25H28F3N5. The van der Waals surface area contributed by atoms with Gasteiger partial charge in [-0.05, 0) is 40.2 Å². The number of alkyl halides is 3. The van der Waals surface area contributed by atoms with Crippen LogP contribution in [0.4, 0.5) is 13.2 Å². The molecule has 0 saturated heterocycles. The van der Waals surface area contributed by atoms with Crippen LogP contribution < -0.4 is 4.57 Å². The Balaban J connectivity index is 1.92. The summed E-state index contributed by atoms with van der Waals surface area (Å²) in [5, 5.41) is 5.97. The van der Waals surface area contributed by atoms with Gasteiger partial charge in [-0.25, -0.2) is 0 Å². The summed E-state index contributed by atoms with van der Waals surface area (Å²) in [5.74, 6) is 0.572. The Bertz CT molecular complexity index is 1330. The van der Waals surface area contributed by atoms with Crippen LogP contribution in [0.3, 0.4) is 0 Å². The fourth-order valence-corrected chi connectivity index (χ4v) is 3.67. The summed E-state index contributed by atoms with van der Waals surface area (Å²) in [6.07, 6.45) is -1.20. The number of nitrogens with zero attached hydrogens (tertiary/aromatic N) is 4. The van der Waals surface area contributed by atoms with Crippen molar-refractivity contribution in [3.05, 3.63) is 59.5 Å². The topological polar surface area (TPSA) is 50.4 Å². The highest BCUT2D eigenvalue weighted by Crippen LogP contribution is 2.33. The van der Waals surface area contributed by atoms with Crippen molar-refractivity contribution in [2.24, 2.45) is 7.05 Å². The Kier molecular flexibility index (Phi) is 5.18. The standard InChI is InChI=1S/C25H28F3N5/c1-23(2,3)15-8-9-19-20(11-15)32(7)14-33(19)22-12-16(24(4,5)6)10-17(29-22)18-13-21(31-30-18)25(26,27)28/h8-13H,1-7H3,(H,30,31). The molecule has 0 bridgehead atoms. The highest BCUT2D eigenvalue weighted by molar-refractivity contribution is 5.75. The third-order valence-corrected chi connectivity index (χ3v) is 5.75. The maximum absolute atomic E-state index is 13.1. The van der Waals surface area contributed by atoms with Gasteiger partial charge in [0, 0.05) is 0 Å². The van der Waals surface area contributed by atoms with Crippen LogP contribution in [0.1, 0.15) is 58.4 Å². The van der Waals surface area contributed by atoms with Crippen molar-refractivity contribution in [1.29, 1.82) is 0 Å². The minimum absolute atomic E-state index is 0.00297. The largest absolute Gasteiger partial charge is 0.432 e. The van der Waals surface area contributed by atoms with Gasteiger partial charge in [0.15, 0.2) is 0 Å². The molecule has 1 N–H and O–H groups in total. The van der Waals surface area contributed by atoms with Crippen molar-refractivity contribution in [2.75, 3.05) is 0 Å². The molecule has 4 rings (SSSR count). The van der Waals surface area contributed by atoms with E-state index in [1.54, 1.807) is 6.07 Å². The van der Waals surface area contributed by atoms with Crippen LogP contribution in [0.15, 0.2) is 36.4 Å². The summed E-state index contributed by atoms with van der Waals surface area (Å²) < 4.78 is 43.1. The van der Waals surface area contributed by atoms with Crippen LogP contribution in [-0.4, -0.2) is 19.7 Å². The first-order chi connectivity index (χ1) is 15.1. The number of H-pyrrole nitrogens is 1. The monoisotopic (exact) mass is 455 g/mol. The van der Waals surface area contributed by atoms with E-state index in [1.807, 2.05) is 28.3 Å². The lowest BCUT2D eigenvalue weighted by atomic mass is 9.86. The van der Waals surface area contributed by atoms with Gasteiger partial charge in [0.2, 0.25) is 6.33 Å². The second-order valence-corrected chi connectivity index (χ2v) is 10.5. The van der Waals surface area contributed by atoms with Gasteiger partial charge in [-0.1, -0.05) is 59.7 Å². The van der Waals surface area contributed by atoms with Crippen LogP contribution in [0.25, 0.3) is 28.2 Å². The maximum Gasteiger partial charge on any atom is 0.432 e. The van der Waals surface area contributed by atoms with Crippen molar-refractivity contribution in [2.45, 2.75) is 58.5 Å². The van der Waals surface area contributed by atoms with Crippen LogP contribution in [-0.2, 0) is 24.1 Å². The van der Waals surface area contributed by atoms with Crippen LogP contribution in [0, 0.1) is 6.33 Å². The molecule has 1 aromatic carbocycles. The second-order valence-electron chi connectivity index (χ2n) is 10.5. The first-order valence-corrected chi connectivity index (χ1v) is 10.7. The lowest BCUT2D eigenvalue weighted by Gasteiger charge is -2.21. The minimum Gasteiger partial charge on any atom is -0.316 e. The molecule has 8 heteroatoms. The van der Waals surface area contributed by atoms with E-state index in [9.17, 15) is 13.2 Å². The predicted octanol–water partition coefficient (Wildman–Crippen LogP) is 5.65. The quantitative estimate of drug-likeness (QED) is 0.314. The van der Waals surface area contributed by atoms with E-state index in [1.165, 1.54) is 5.56 Å². The fourth-order valence-electron chi connectivity index (χ4n) is 3.67. The molecule has 33 heavy (non-hydrogen) atoms. The van der Waals surface area contributed by atoms with Crippen molar-refractivity contribution in [1.82, 2.24) is 19.7 Å². The molecular weight excluding hydrogens is 427 g/mol. The molecule has 0 atom stereocenters. The number of aryl methyl sites for hydroxylation is 1. The van der Waals surface area contributed by atoms with Crippen LogP contribution in [0.2, 0.25) is 0 Å². The predicted molar refractivity (Wildman–Crippen MR) is 121 cm³/mol. The van der Waals surface area contributed by atoms with E-state index in [2.05, 4.69) is 75.2 Å². The van der Waals surface area contributed by atoms with E-state index in [-0.39, 0.29) is 16.5 Å². The number of fused-ring (bicyclic) bond motifs is 1. The van der Waals surface area contributed by atoms with E-state index < -0.39 is 11.9 Å². The molecule has 0 radical (unpaired) electrons. The summed E-state index contributed by atoms with van der Waals surface area (Å²) in [6, 6.07) is 11.0. The lowest BCUT2D eigenvalue weighted by Crippen LogP contribution is -2.26. The summed E-state index contributed by atoms with van der Waals surface area (Å²) in [7, 11) is 1.92. The molecule has 0 saturated carbocycles. The average molecular weight is 456 g/mol. The number of hydrogen-bond donors (Lipinski definition) is 1. The molecule has 0 spiro atoms. The Hall–Kier alpha value is -3.16. The molecule has 3 aromatic heterocycles. The van der Waals surface area contributed by atoms with Gasteiger partial charge in [0.1, 0.15) is 17.2 Å². The highest BCUT2D eigenvalue weighted by Gasteiger charge is 2.33. The van der Waals surface area contributed by atoms with Gasteiger partial charge in [-0.3, -0.25) is 10.1 Å². The SMILES string of the molecule is C[n+]1[c-]n(-c2cc(C(C)(C)C)cc(-c3cc(C(F)(F)F)[nH]n3)n2)c2ccc(C(C)(C)C)cc21. The Labute approximate surface area is 191 Å². The molecule has 0 aliphatic carbocycles. The molecule has 4 aromatic rings. The number of imidazole rings is 1. The molecule has 0 fully saturated rings. The van der Waals surface area contributed by atoms with E-state index >= 15 is 0 Å². The van der Waals surface area contributed by atoms with Crippen molar-refractivity contribution in [3.8, 4) is 17.2 Å². The van der Waals surface area contributed by atoms with Crippen molar-refractivity contribution >= 4 is 11.0 Å². The number of nitrogens with one attached hydrogen (secondary N) is 1. The normalized spacial score (nSPS) is 13.2. The Morgan fingerprint density at radius 2 is 1.55 bits per heavy atom. The number of halogens is 3. The first kappa shape index (κ1) is 23.0. The van der Waals surface area contributed by atoms with Gasteiger partial charge in [-0.2, -0.15) is 18.3 Å². The van der Waals surface area contributed by atoms with Gasteiger partial charge in [-0.15, -0.1) is 0 Å². The van der Waals surface area contributed by atoms with Gasteiger partial charge in [0.25, 0.3) is 0 Å². The number of benzene rings is 1. The highest BCUT2D eigenvalue weighted by atomic mass is 19.4. The van der Waals surface area contributed by atoms with Gasteiger partial charge in [0.05, 0.1) is 23.8 Å². The zero-order chi connectivity index (χ0) is 24.3. The number of rotatable bonds is 2. The summed E-state index contributed by atoms with van der Waals surface area (Å²) >= 11 is 0. The Morgan fingerprint density at radius 1 is 0.879 bits per heavy atom. The van der Waals surface area contributed by atoms with E-state index in [4.69, 9.17) is 0 Å². The number of pyridine rings is 1. The summed E-state index contributed by atoms with van der Waals surface area (Å²) in [6.45, 7) is 12.6. The number of aromatic nitrogens is 5. The molecule has 3 heterocycles. The van der Waals surface area contributed by atoms with Gasteiger partial charge < -0.3 is 9.13 Å². The third-order valence-electron chi connectivity index (χ3n) is 5.75. The molecule has 0 amide bonds. The van der Waals surface area contributed by atoms with E-state index in [0.717, 1.165) is 22.7 Å². The lowest BCUT2D eigenvalue weighted by molar-refractivity contribution is -0.649. The molecule has 0 aliphatic heterocycles. The zero-order valence-electron chi connectivity index (χ0n) is 19.9. The van der Waals surface area contributed by atoms with Crippen LogP contribution >= 0.6 is 0 Å². The van der Waals surface area contributed by atoms with Crippen molar-refractivity contribution in [3.63, 3.8) is 0 Å². The molecule has 5 nitrogen and oxygen atoms in total. The third kappa shape index (κ3) is 4.38. The average Bonchev–Trinajstić information content (AvgIpc) is 3.32. The van der Waals surface area contributed by atoms with Gasteiger partial charge >= 0.3 is 6.18 Å². The second kappa shape index (κ2) is 7.43. The summed E-state index contributed by atoms with van der Waals surface area (Å²) in [5.41, 5.74) is 3.39. The van der Waals surface area contributed by atoms with Crippen molar-refractivity contribution < 1.29 is 17.7 Å².